The van der Waals surface area contributed by atoms with Gasteiger partial charge in [0.1, 0.15) is 0 Å². The molecule has 2 heterocycles. The van der Waals surface area contributed by atoms with E-state index in [2.05, 4.69) is 26.3 Å². The van der Waals surface area contributed by atoms with Gasteiger partial charge in [0.2, 0.25) is 5.95 Å². The number of morpholine rings is 1. The zero-order chi connectivity index (χ0) is 16.9. The molecule has 3 rings (SSSR count). The van der Waals surface area contributed by atoms with Crippen LogP contribution in [0.1, 0.15) is 27.2 Å². The predicted octanol–water partition coefficient (Wildman–Crippen LogP) is 1.86. The van der Waals surface area contributed by atoms with E-state index < -0.39 is 0 Å². The number of ether oxygens (including phenoxy) is 1. The number of anilines is 1. The molecule has 0 aliphatic carbocycles. The molecule has 0 bridgehead atoms. The van der Waals surface area contributed by atoms with Gasteiger partial charge in [0.05, 0.1) is 25.5 Å². The van der Waals surface area contributed by atoms with E-state index >= 15 is 0 Å². The zero-order valence-corrected chi connectivity index (χ0v) is 14.1. The van der Waals surface area contributed by atoms with Gasteiger partial charge in [-0.05, 0) is 32.0 Å². The van der Waals surface area contributed by atoms with E-state index in [1.54, 1.807) is 6.20 Å². The zero-order valence-electron chi connectivity index (χ0n) is 14.1. The van der Waals surface area contributed by atoms with Crippen molar-refractivity contribution in [1.29, 1.82) is 0 Å². The van der Waals surface area contributed by atoms with Crippen molar-refractivity contribution in [3.8, 4) is 0 Å². The van der Waals surface area contributed by atoms with Crippen molar-refractivity contribution in [2.75, 3.05) is 31.2 Å². The average Bonchev–Trinajstić information content (AvgIpc) is 2.60. The highest BCUT2D eigenvalue weighted by Gasteiger charge is 2.14. The number of benzene rings is 1. The molecule has 1 aromatic heterocycles. The Morgan fingerprint density at radius 2 is 1.92 bits per heavy atom. The van der Waals surface area contributed by atoms with Gasteiger partial charge in [0, 0.05) is 24.8 Å². The Morgan fingerprint density at radius 3 is 2.62 bits per heavy atom. The van der Waals surface area contributed by atoms with E-state index in [0.717, 1.165) is 29.9 Å². The van der Waals surface area contributed by atoms with Crippen LogP contribution >= 0.6 is 0 Å². The quantitative estimate of drug-likeness (QED) is 0.929. The third kappa shape index (κ3) is 4.08. The highest BCUT2D eigenvalue weighted by Crippen LogP contribution is 2.11. The summed E-state index contributed by atoms with van der Waals surface area (Å²) in [5.41, 5.74) is 3.63. The Balaban J connectivity index is 1.64. The molecule has 2 aromatic rings. The summed E-state index contributed by atoms with van der Waals surface area (Å²) in [6.07, 6.45) is 1.73. The van der Waals surface area contributed by atoms with Crippen LogP contribution in [0.15, 0.2) is 30.5 Å². The van der Waals surface area contributed by atoms with Gasteiger partial charge in [0.25, 0.3) is 5.91 Å². The first-order valence-electron chi connectivity index (χ1n) is 8.13. The summed E-state index contributed by atoms with van der Waals surface area (Å²) in [5.74, 6) is 0.602. The van der Waals surface area contributed by atoms with Gasteiger partial charge in [-0.1, -0.05) is 17.2 Å². The van der Waals surface area contributed by atoms with Gasteiger partial charge in [-0.25, -0.2) is 9.97 Å². The molecule has 0 spiro atoms. The van der Waals surface area contributed by atoms with Crippen LogP contribution in [-0.2, 0) is 11.3 Å². The third-order valence-corrected chi connectivity index (χ3v) is 3.91. The van der Waals surface area contributed by atoms with Crippen molar-refractivity contribution in [3.63, 3.8) is 0 Å². The van der Waals surface area contributed by atoms with E-state index in [4.69, 9.17) is 4.74 Å². The fourth-order valence-corrected chi connectivity index (χ4v) is 2.78. The minimum absolute atomic E-state index is 0.0895. The first-order chi connectivity index (χ1) is 11.6. The van der Waals surface area contributed by atoms with Crippen LogP contribution < -0.4 is 10.2 Å². The molecule has 0 atom stereocenters. The van der Waals surface area contributed by atoms with Crippen molar-refractivity contribution < 1.29 is 9.53 Å². The highest BCUT2D eigenvalue weighted by molar-refractivity contribution is 5.94. The topological polar surface area (TPSA) is 67.4 Å². The number of carbonyl (C=O) groups is 1. The lowest BCUT2D eigenvalue weighted by Gasteiger charge is -2.26. The monoisotopic (exact) mass is 326 g/mol. The maximum Gasteiger partial charge on any atom is 0.251 e. The maximum atomic E-state index is 12.3. The van der Waals surface area contributed by atoms with Crippen LogP contribution in [0.25, 0.3) is 0 Å². The Bertz CT molecular complexity index is 706. The number of aryl methyl sites for hydroxylation is 2. The number of carbonyl (C=O) groups excluding carboxylic acids is 1. The van der Waals surface area contributed by atoms with Crippen molar-refractivity contribution in [2.45, 2.75) is 20.4 Å². The Hall–Kier alpha value is -2.47. The molecule has 0 unspecified atom stereocenters. The second-order valence-corrected chi connectivity index (χ2v) is 6.01. The van der Waals surface area contributed by atoms with Crippen LogP contribution in [0.4, 0.5) is 5.95 Å². The van der Waals surface area contributed by atoms with Gasteiger partial charge >= 0.3 is 0 Å². The molecule has 1 N–H and O–H groups in total. The fraction of sp³-hybridized carbons (Fsp3) is 0.389. The molecule has 0 radical (unpaired) electrons. The maximum absolute atomic E-state index is 12.3. The summed E-state index contributed by atoms with van der Waals surface area (Å²) in [6.45, 7) is 7.32. The highest BCUT2D eigenvalue weighted by atomic mass is 16.5. The number of aromatic nitrogens is 2. The number of hydrogen-bond donors (Lipinski definition) is 1. The Labute approximate surface area is 141 Å². The molecule has 6 heteroatoms. The van der Waals surface area contributed by atoms with Crippen molar-refractivity contribution in [1.82, 2.24) is 15.3 Å². The SMILES string of the molecule is Cc1cc(C)cc(C(=O)NCc2ccnc(N3CCOCC3)n2)c1. The molecule has 0 saturated carbocycles. The number of rotatable bonds is 4. The minimum Gasteiger partial charge on any atom is -0.378 e. The first kappa shape index (κ1) is 16.4. The molecular formula is C18H22N4O2. The summed E-state index contributed by atoms with van der Waals surface area (Å²) in [4.78, 5) is 23.3. The summed E-state index contributed by atoms with van der Waals surface area (Å²) >= 11 is 0. The van der Waals surface area contributed by atoms with Crippen LogP contribution in [0, 0.1) is 13.8 Å². The lowest BCUT2D eigenvalue weighted by molar-refractivity contribution is 0.0950. The summed E-state index contributed by atoms with van der Waals surface area (Å²) in [7, 11) is 0. The second-order valence-electron chi connectivity index (χ2n) is 6.01. The predicted molar refractivity (Wildman–Crippen MR) is 92.2 cm³/mol. The number of amides is 1. The molecule has 1 fully saturated rings. The molecule has 1 aromatic carbocycles. The van der Waals surface area contributed by atoms with Crippen LogP contribution in [0.3, 0.4) is 0 Å². The molecule has 126 valence electrons. The first-order valence-corrected chi connectivity index (χ1v) is 8.13. The van der Waals surface area contributed by atoms with E-state index in [0.29, 0.717) is 31.3 Å². The van der Waals surface area contributed by atoms with Gasteiger partial charge in [0.15, 0.2) is 0 Å². The van der Waals surface area contributed by atoms with Crippen molar-refractivity contribution in [2.24, 2.45) is 0 Å². The molecule has 24 heavy (non-hydrogen) atoms. The largest absolute Gasteiger partial charge is 0.378 e. The minimum atomic E-state index is -0.0895. The Morgan fingerprint density at radius 1 is 1.21 bits per heavy atom. The smallest absolute Gasteiger partial charge is 0.251 e. The number of nitrogens with one attached hydrogen (secondary N) is 1. The fourth-order valence-electron chi connectivity index (χ4n) is 2.78. The van der Waals surface area contributed by atoms with E-state index in [-0.39, 0.29) is 5.91 Å². The van der Waals surface area contributed by atoms with Crippen LogP contribution in [0.5, 0.6) is 0 Å². The summed E-state index contributed by atoms with van der Waals surface area (Å²) < 4.78 is 5.34. The van der Waals surface area contributed by atoms with E-state index in [1.165, 1.54) is 0 Å². The Kier molecular flexibility index (Phi) is 5.05. The molecule has 1 aliphatic heterocycles. The molecule has 6 nitrogen and oxygen atoms in total. The lowest BCUT2D eigenvalue weighted by atomic mass is 10.1. The average molecular weight is 326 g/mol. The normalized spacial score (nSPS) is 14.5. The lowest BCUT2D eigenvalue weighted by Crippen LogP contribution is -2.37. The molecule has 1 amide bonds. The van der Waals surface area contributed by atoms with Crippen molar-refractivity contribution >= 4 is 11.9 Å². The van der Waals surface area contributed by atoms with Gasteiger partial charge in [-0.15, -0.1) is 0 Å². The van der Waals surface area contributed by atoms with Gasteiger partial charge in [-0.2, -0.15) is 0 Å². The summed E-state index contributed by atoms with van der Waals surface area (Å²) in [6, 6.07) is 7.66. The third-order valence-electron chi connectivity index (χ3n) is 3.91. The molecule has 1 aliphatic rings. The number of nitrogens with zero attached hydrogens (tertiary/aromatic N) is 3. The second kappa shape index (κ2) is 7.40. The van der Waals surface area contributed by atoms with Crippen LogP contribution in [0.2, 0.25) is 0 Å². The standard InChI is InChI=1S/C18H22N4O2/c1-13-9-14(2)11-15(10-13)17(23)20-12-16-3-4-19-18(21-16)22-5-7-24-8-6-22/h3-4,9-11H,5-8,12H2,1-2H3,(H,20,23). The van der Waals surface area contributed by atoms with Crippen LogP contribution in [-0.4, -0.2) is 42.2 Å². The van der Waals surface area contributed by atoms with Crippen molar-refractivity contribution in [3.05, 3.63) is 52.8 Å². The summed E-state index contributed by atoms with van der Waals surface area (Å²) in [5, 5.41) is 2.93. The van der Waals surface area contributed by atoms with E-state index in [9.17, 15) is 4.79 Å². The number of hydrogen-bond acceptors (Lipinski definition) is 5. The van der Waals surface area contributed by atoms with E-state index in [1.807, 2.05) is 32.0 Å². The van der Waals surface area contributed by atoms with Gasteiger partial charge in [-0.3, -0.25) is 4.79 Å². The molecular weight excluding hydrogens is 304 g/mol. The molecule has 1 saturated heterocycles. The van der Waals surface area contributed by atoms with Gasteiger partial charge < -0.3 is 15.0 Å².